The van der Waals surface area contributed by atoms with E-state index in [2.05, 4.69) is 31.4 Å². The molecule has 33 heavy (non-hydrogen) atoms. The number of fused-ring (bicyclic) bond motifs is 1. The molecule has 5 nitrogen and oxygen atoms in total. The van der Waals surface area contributed by atoms with Gasteiger partial charge in [0.1, 0.15) is 0 Å². The second kappa shape index (κ2) is 9.60. The molecule has 0 bridgehead atoms. The Morgan fingerprint density at radius 1 is 0.848 bits per heavy atom. The molecule has 0 aliphatic rings. The number of halogens is 1. The molecule has 7 heteroatoms. The van der Waals surface area contributed by atoms with Crippen molar-refractivity contribution in [1.82, 2.24) is 14.8 Å². The van der Waals surface area contributed by atoms with Crippen LogP contribution in [0.5, 0.6) is 0 Å². The van der Waals surface area contributed by atoms with Gasteiger partial charge in [0, 0.05) is 26.8 Å². The maximum atomic E-state index is 12.8. The zero-order valence-electron chi connectivity index (χ0n) is 17.5. The van der Waals surface area contributed by atoms with Gasteiger partial charge in [-0.1, -0.05) is 100 Å². The molecule has 162 valence electrons. The van der Waals surface area contributed by atoms with Crippen LogP contribution in [0.4, 0.5) is 5.69 Å². The Labute approximate surface area is 204 Å². The van der Waals surface area contributed by atoms with Crippen LogP contribution in [0.3, 0.4) is 0 Å². The van der Waals surface area contributed by atoms with Gasteiger partial charge in [0.15, 0.2) is 11.0 Å². The molecular weight excluding hydrogens is 496 g/mol. The average Bonchev–Trinajstić information content (AvgIpc) is 3.27. The maximum Gasteiger partial charge on any atom is 0.234 e. The zero-order valence-corrected chi connectivity index (χ0v) is 19.9. The fraction of sp³-hybridized carbons (Fsp3) is 0.0385. The van der Waals surface area contributed by atoms with Crippen molar-refractivity contribution in [3.8, 4) is 17.1 Å². The first-order valence-corrected chi connectivity index (χ1v) is 12.1. The van der Waals surface area contributed by atoms with Crippen molar-refractivity contribution < 1.29 is 4.79 Å². The van der Waals surface area contributed by atoms with Crippen LogP contribution in [0.15, 0.2) is 107 Å². The van der Waals surface area contributed by atoms with Crippen LogP contribution >= 0.6 is 27.7 Å². The van der Waals surface area contributed by atoms with Crippen LogP contribution in [0, 0.1) is 0 Å². The summed E-state index contributed by atoms with van der Waals surface area (Å²) in [6.45, 7) is 0. The highest BCUT2D eigenvalue weighted by atomic mass is 79.9. The van der Waals surface area contributed by atoms with Gasteiger partial charge in [-0.15, -0.1) is 10.2 Å². The summed E-state index contributed by atoms with van der Waals surface area (Å²) >= 11 is 4.97. The summed E-state index contributed by atoms with van der Waals surface area (Å²) < 4.78 is 2.91. The molecule has 1 amide bonds. The van der Waals surface area contributed by atoms with E-state index in [0.29, 0.717) is 11.0 Å². The number of benzene rings is 4. The lowest BCUT2D eigenvalue weighted by Crippen LogP contribution is -2.14. The minimum atomic E-state index is -0.0959. The van der Waals surface area contributed by atoms with Crippen molar-refractivity contribution in [2.75, 3.05) is 11.1 Å². The normalized spacial score (nSPS) is 10.9. The predicted octanol–water partition coefficient (Wildman–Crippen LogP) is 6.58. The van der Waals surface area contributed by atoms with E-state index in [4.69, 9.17) is 0 Å². The summed E-state index contributed by atoms with van der Waals surface area (Å²) in [6.07, 6.45) is 0. The lowest BCUT2D eigenvalue weighted by Gasteiger charge is -2.12. The van der Waals surface area contributed by atoms with Crippen LogP contribution in [-0.4, -0.2) is 26.4 Å². The zero-order chi connectivity index (χ0) is 22.6. The summed E-state index contributed by atoms with van der Waals surface area (Å²) in [7, 11) is 0. The number of thioether (sulfide) groups is 1. The van der Waals surface area contributed by atoms with Gasteiger partial charge in [0.25, 0.3) is 0 Å². The molecule has 1 aromatic heterocycles. The summed E-state index contributed by atoms with van der Waals surface area (Å²) in [5, 5.41) is 14.7. The molecule has 0 fully saturated rings. The smallest absolute Gasteiger partial charge is 0.234 e. The molecule has 0 spiro atoms. The molecule has 0 aliphatic carbocycles. The maximum absolute atomic E-state index is 12.8. The van der Waals surface area contributed by atoms with E-state index in [1.54, 1.807) is 0 Å². The van der Waals surface area contributed by atoms with Crippen LogP contribution in [0.1, 0.15) is 0 Å². The van der Waals surface area contributed by atoms with E-state index >= 15 is 0 Å². The molecule has 0 saturated carbocycles. The number of nitrogens with one attached hydrogen (secondary N) is 1. The van der Waals surface area contributed by atoms with Crippen molar-refractivity contribution in [2.24, 2.45) is 0 Å². The van der Waals surface area contributed by atoms with Crippen molar-refractivity contribution in [1.29, 1.82) is 0 Å². The Morgan fingerprint density at radius 3 is 2.42 bits per heavy atom. The van der Waals surface area contributed by atoms with Gasteiger partial charge in [-0.25, -0.2) is 0 Å². The first-order valence-electron chi connectivity index (χ1n) is 10.4. The molecule has 4 aromatic carbocycles. The summed E-state index contributed by atoms with van der Waals surface area (Å²) in [5.74, 6) is 0.830. The summed E-state index contributed by atoms with van der Waals surface area (Å²) in [5.41, 5.74) is 2.67. The number of hydrogen-bond donors (Lipinski definition) is 1. The summed E-state index contributed by atoms with van der Waals surface area (Å²) in [6, 6.07) is 31.7. The number of aromatic nitrogens is 3. The highest BCUT2D eigenvalue weighted by molar-refractivity contribution is 9.10. The summed E-state index contributed by atoms with van der Waals surface area (Å²) in [4.78, 5) is 12.8. The molecular formula is C26H19BrN4OS. The Hall–Kier alpha value is -3.42. The van der Waals surface area contributed by atoms with Crippen molar-refractivity contribution in [2.45, 2.75) is 5.16 Å². The van der Waals surface area contributed by atoms with Gasteiger partial charge in [-0.05, 0) is 29.7 Å². The Kier molecular flexibility index (Phi) is 6.24. The van der Waals surface area contributed by atoms with E-state index in [-0.39, 0.29) is 11.7 Å². The fourth-order valence-electron chi connectivity index (χ4n) is 3.64. The molecule has 0 saturated heterocycles. The van der Waals surface area contributed by atoms with Gasteiger partial charge >= 0.3 is 0 Å². The third kappa shape index (κ3) is 4.55. The SMILES string of the molecule is O=C(CSc1nnc(-c2ccccc2Br)n1-c1ccccc1)Nc1cccc2ccccc12. The molecule has 0 aliphatic heterocycles. The lowest BCUT2D eigenvalue weighted by atomic mass is 10.1. The highest BCUT2D eigenvalue weighted by Gasteiger charge is 2.19. The Bertz CT molecular complexity index is 1430. The van der Waals surface area contributed by atoms with Gasteiger partial charge in [-0.2, -0.15) is 0 Å². The lowest BCUT2D eigenvalue weighted by molar-refractivity contribution is -0.113. The van der Waals surface area contributed by atoms with E-state index in [9.17, 15) is 4.79 Å². The Balaban J connectivity index is 1.42. The number of hydrogen-bond acceptors (Lipinski definition) is 4. The molecule has 0 radical (unpaired) electrons. The van der Waals surface area contributed by atoms with Gasteiger partial charge in [0.05, 0.1) is 5.75 Å². The second-order valence-electron chi connectivity index (χ2n) is 7.32. The number of carbonyl (C=O) groups is 1. The first-order chi connectivity index (χ1) is 16.2. The van der Waals surface area contributed by atoms with Crippen molar-refractivity contribution >= 4 is 50.1 Å². The van der Waals surface area contributed by atoms with Crippen molar-refractivity contribution in [3.05, 3.63) is 102 Å². The minimum Gasteiger partial charge on any atom is -0.325 e. The number of nitrogens with zero attached hydrogens (tertiary/aromatic N) is 3. The predicted molar refractivity (Wildman–Crippen MR) is 138 cm³/mol. The van der Waals surface area contributed by atoms with Crippen LogP contribution in [-0.2, 0) is 4.79 Å². The average molecular weight is 515 g/mol. The molecule has 0 atom stereocenters. The first kappa shape index (κ1) is 21.4. The van der Waals surface area contributed by atoms with E-state index < -0.39 is 0 Å². The molecule has 1 N–H and O–H groups in total. The number of rotatable bonds is 6. The van der Waals surface area contributed by atoms with Crippen LogP contribution in [0.25, 0.3) is 27.8 Å². The quantitative estimate of drug-likeness (QED) is 0.260. The van der Waals surface area contributed by atoms with E-state index in [1.807, 2.05) is 102 Å². The monoisotopic (exact) mass is 514 g/mol. The molecule has 1 heterocycles. The van der Waals surface area contributed by atoms with Gasteiger partial charge in [0.2, 0.25) is 5.91 Å². The largest absolute Gasteiger partial charge is 0.325 e. The van der Waals surface area contributed by atoms with Crippen LogP contribution in [0.2, 0.25) is 0 Å². The number of amides is 1. The standard InChI is InChI=1S/C26H19BrN4OS/c27-22-15-7-6-14-21(22)25-29-30-26(31(25)19-11-2-1-3-12-19)33-17-24(32)28-23-16-8-10-18-9-4-5-13-20(18)23/h1-16H,17H2,(H,28,32). The number of para-hydroxylation sites is 1. The molecule has 5 rings (SSSR count). The third-order valence-electron chi connectivity index (χ3n) is 5.16. The van der Waals surface area contributed by atoms with E-state index in [0.717, 1.165) is 32.2 Å². The van der Waals surface area contributed by atoms with Crippen LogP contribution < -0.4 is 5.32 Å². The highest BCUT2D eigenvalue weighted by Crippen LogP contribution is 2.32. The van der Waals surface area contributed by atoms with Gasteiger partial charge < -0.3 is 5.32 Å². The Morgan fingerprint density at radius 2 is 1.58 bits per heavy atom. The molecule has 5 aromatic rings. The third-order valence-corrected chi connectivity index (χ3v) is 6.78. The fourth-order valence-corrected chi connectivity index (χ4v) is 4.86. The number of carbonyl (C=O) groups excluding carboxylic acids is 1. The number of anilines is 1. The minimum absolute atomic E-state index is 0.0959. The van der Waals surface area contributed by atoms with E-state index in [1.165, 1.54) is 11.8 Å². The second-order valence-corrected chi connectivity index (χ2v) is 9.12. The van der Waals surface area contributed by atoms with Crippen molar-refractivity contribution in [3.63, 3.8) is 0 Å². The molecule has 0 unspecified atom stereocenters. The topological polar surface area (TPSA) is 59.8 Å². The van der Waals surface area contributed by atoms with Gasteiger partial charge in [-0.3, -0.25) is 9.36 Å².